The first kappa shape index (κ1) is 15.6. The fourth-order valence-corrected chi connectivity index (χ4v) is 1.65. The first-order valence-corrected chi connectivity index (χ1v) is 5.20. The largest absolute Gasteiger partial charge is 0.416 e. The average molecular weight is 286 g/mol. The minimum Gasteiger partial charge on any atom is -0.399 e. The highest BCUT2D eigenvalue weighted by Gasteiger charge is 2.35. The van der Waals surface area contributed by atoms with Gasteiger partial charge in [0.2, 0.25) is 0 Å². The van der Waals surface area contributed by atoms with Crippen LogP contribution in [-0.4, -0.2) is 24.7 Å². The summed E-state index contributed by atoms with van der Waals surface area (Å²) >= 11 is 0. The summed E-state index contributed by atoms with van der Waals surface area (Å²) in [5.41, 5.74) is 3.92. The van der Waals surface area contributed by atoms with Crippen LogP contribution in [0.2, 0.25) is 0 Å². The molecule has 0 saturated carbocycles. The third kappa shape index (κ3) is 4.98. The monoisotopic (exact) mass is 286 g/mol. The van der Waals surface area contributed by atoms with Crippen molar-refractivity contribution in [1.82, 2.24) is 4.90 Å². The van der Waals surface area contributed by atoms with E-state index in [-0.39, 0.29) is 11.3 Å². The van der Waals surface area contributed by atoms with Crippen molar-refractivity contribution in [2.24, 2.45) is 0 Å². The summed E-state index contributed by atoms with van der Waals surface area (Å²) in [7, 11) is 1.10. The molecule has 0 spiro atoms. The number of benzene rings is 1. The van der Waals surface area contributed by atoms with Crippen molar-refractivity contribution in [2.45, 2.75) is 18.9 Å². The SMILES string of the molecule is CN(Cc1ccc(N)cc1C(F)(F)F)CC(F)(F)F. The van der Waals surface area contributed by atoms with Gasteiger partial charge in [0.1, 0.15) is 0 Å². The Balaban J connectivity index is 2.95. The number of nitrogen functional groups attached to an aromatic ring is 1. The molecule has 2 N–H and O–H groups in total. The number of hydrogen-bond donors (Lipinski definition) is 1. The quantitative estimate of drug-likeness (QED) is 0.682. The Morgan fingerprint density at radius 1 is 1.11 bits per heavy atom. The molecule has 0 saturated heterocycles. The van der Waals surface area contributed by atoms with Gasteiger partial charge in [0.25, 0.3) is 0 Å². The van der Waals surface area contributed by atoms with E-state index in [0.29, 0.717) is 0 Å². The third-order valence-electron chi connectivity index (χ3n) is 2.33. The molecule has 8 heteroatoms. The number of nitrogens with two attached hydrogens (primary N) is 1. The summed E-state index contributed by atoms with van der Waals surface area (Å²) in [5.74, 6) is 0. The van der Waals surface area contributed by atoms with Gasteiger partial charge in [-0.25, -0.2) is 0 Å². The van der Waals surface area contributed by atoms with Gasteiger partial charge < -0.3 is 5.73 Å². The second-order valence-electron chi connectivity index (χ2n) is 4.20. The lowest BCUT2D eigenvalue weighted by Gasteiger charge is -2.21. The van der Waals surface area contributed by atoms with Gasteiger partial charge in [-0.05, 0) is 24.7 Å². The van der Waals surface area contributed by atoms with Crippen LogP contribution in [0.15, 0.2) is 18.2 Å². The predicted octanol–water partition coefficient (Wildman–Crippen LogP) is 3.28. The Morgan fingerprint density at radius 3 is 2.16 bits per heavy atom. The summed E-state index contributed by atoms with van der Waals surface area (Å²) in [4.78, 5) is 0.765. The molecule has 0 atom stereocenters. The van der Waals surface area contributed by atoms with Gasteiger partial charge in [-0.2, -0.15) is 26.3 Å². The molecule has 2 nitrogen and oxygen atoms in total. The maximum atomic E-state index is 12.7. The molecule has 0 heterocycles. The Morgan fingerprint density at radius 2 is 1.68 bits per heavy atom. The summed E-state index contributed by atoms with van der Waals surface area (Å²) in [6.07, 6.45) is -9.11. The molecule has 0 unspecified atom stereocenters. The van der Waals surface area contributed by atoms with Gasteiger partial charge in [-0.1, -0.05) is 6.07 Å². The number of nitrogens with zero attached hydrogens (tertiary/aromatic N) is 1. The van der Waals surface area contributed by atoms with Gasteiger partial charge >= 0.3 is 12.4 Å². The smallest absolute Gasteiger partial charge is 0.399 e. The van der Waals surface area contributed by atoms with E-state index in [4.69, 9.17) is 5.73 Å². The van der Waals surface area contributed by atoms with Crippen LogP contribution in [0.3, 0.4) is 0 Å². The number of hydrogen-bond acceptors (Lipinski definition) is 2. The van der Waals surface area contributed by atoms with Crippen molar-refractivity contribution < 1.29 is 26.3 Å². The normalized spacial score (nSPS) is 13.1. The number of anilines is 1. The minimum absolute atomic E-state index is 0.0884. The molecule has 0 aliphatic heterocycles. The average Bonchev–Trinajstić information content (AvgIpc) is 2.16. The molecule has 1 aromatic rings. The molecule has 19 heavy (non-hydrogen) atoms. The van der Waals surface area contributed by atoms with Crippen molar-refractivity contribution in [3.8, 4) is 0 Å². The van der Waals surface area contributed by atoms with E-state index in [0.717, 1.165) is 24.1 Å². The van der Waals surface area contributed by atoms with Crippen LogP contribution in [-0.2, 0) is 12.7 Å². The van der Waals surface area contributed by atoms with Crippen LogP contribution < -0.4 is 5.73 Å². The first-order chi connectivity index (χ1) is 8.49. The molecular formula is C11H12F6N2. The second kappa shape index (κ2) is 5.28. The summed E-state index contributed by atoms with van der Waals surface area (Å²) < 4.78 is 74.5. The molecule has 1 aromatic carbocycles. The van der Waals surface area contributed by atoms with Crippen molar-refractivity contribution in [3.05, 3.63) is 29.3 Å². The topological polar surface area (TPSA) is 29.3 Å². The molecule has 0 aliphatic rings. The van der Waals surface area contributed by atoms with E-state index in [2.05, 4.69) is 0 Å². The Kier molecular flexibility index (Phi) is 4.34. The molecule has 0 fully saturated rings. The number of halogens is 6. The van der Waals surface area contributed by atoms with Crippen LogP contribution in [0, 0.1) is 0 Å². The zero-order chi connectivity index (χ0) is 14.8. The van der Waals surface area contributed by atoms with Gasteiger partial charge in [-0.3, -0.25) is 4.90 Å². The van der Waals surface area contributed by atoms with E-state index in [1.165, 1.54) is 6.07 Å². The van der Waals surface area contributed by atoms with Gasteiger partial charge in [0.05, 0.1) is 12.1 Å². The van der Waals surface area contributed by atoms with Crippen LogP contribution in [0.4, 0.5) is 32.0 Å². The highest BCUT2D eigenvalue weighted by molar-refractivity contribution is 5.46. The van der Waals surface area contributed by atoms with Crippen molar-refractivity contribution in [1.29, 1.82) is 0 Å². The molecule has 0 aliphatic carbocycles. The standard InChI is InChI=1S/C11H12F6N2/c1-19(6-10(12,13)14)5-7-2-3-8(18)4-9(7)11(15,16)17/h2-4H,5-6,18H2,1H3. The molecule has 0 radical (unpaired) electrons. The number of rotatable bonds is 3. The van der Waals surface area contributed by atoms with Crippen molar-refractivity contribution in [3.63, 3.8) is 0 Å². The number of alkyl halides is 6. The van der Waals surface area contributed by atoms with Crippen LogP contribution in [0.1, 0.15) is 11.1 Å². The molecule has 0 aromatic heterocycles. The first-order valence-electron chi connectivity index (χ1n) is 5.20. The van der Waals surface area contributed by atoms with Crippen molar-refractivity contribution >= 4 is 5.69 Å². The van der Waals surface area contributed by atoms with Gasteiger partial charge in [0.15, 0.2) is 0 Å². The maximum absolute atomic E-state index is 12.7. The third-order valence-corrected chi connectivity index (χ3v) is 2.33. The van der Waals surface area contributed by atoms with E-state index in [1.807, 2.05) is 0 Å². The fourth-order valence-electron chi connectivity index (χ4n) is 1.65. The zero-order valence-electron chi connectivity index (χ0n) is 9.94. The van der Waals surface area contributed by atoms with E-state index in [1.54, 1.807) is 0 Å². The second-order valence-corrected chi connectivity index (χ2v) is 4.20. The van der Waals surface area contributed by atoms with Gasteiger partial charge in [-0.15, -0.1) is 0 Å². The Labute approximate surface area is 105 Å². The van der Waals surface area contributed by atoms with Crippen LogP contribution >= 0.6 is 0 Å². The highest BCUT2D eigenvalue weighted by Crippen LogP contribution is 2.34. The maximum Gasteiger partial charge on any atom is 0.416 e. The highest BCUT2D eigenvalue weighted by atomic mass is 19.4. The lowest BCUT2D eigenvalue weighted by atomic mass is 10.1. The summed E-state index contributed by atoms with van der Waals surface area (Å²) in [6.45, 7) is -1.75. The molecule has 0 amide bonds. The molecule has 0 bridgehead atoms. The predicted molar refractivity (Wildman–Crippen MR) is 58.2 cm³/mol. The van der Waals surface area contributed by atoms with Crippen LogP contribution in [0.5, 0.6) is 0 Å². The fraction of sp³-hybridized carbons (Fsp3) is 0.455. The van der Waals surface area contributed by atoms with E-state index >= 15 is 0 Å². The minimum atomic E-state index is -4.65. The van der Waals surface area contributed by atoms with E-state index < -0.39 is 31.0 Å². The lowest BCUT2D eigenvalue weighted by molar-refractivity contribution is -0.145. The summed E-state index contributed by atoms with van der Waals surface area (Å²) in [5, 5.41) is 0. The van der Waals surface area contributed by atoms with Gasteiger partial charge in [0, 0.05) is 12.2 Å². The van der Waals surface area contributed by atoms with Crippen molar-refractivity contribution in [2.75, 3.05) is 19.3 Å². The Hall–Kier alpha value is -1.44. The molecular weight excluding hydrogens is 274 g/mol. The van der Waals surface area contributed by atoms with E-state index in [9.17, 15) is 26.3 Å². The lowest BCUT2D eigenvalue weighted by Crippen LogP contribution is -2.31. The molecule has 108 valence electrons. The Bertz CT molecular complexity index is 438. The summed E-state index contributed by atoms with van der Waals surface area (Å²) in [6, 6.07) is 3.04. The molecule has 1 rings (SSSR count). The van der Waals surface area contributed by atoms with Crippen LogP contribution in [0.25, 0.3) is 0 Å². The zero-order valence-corrected chi connectivity index (χ0v) is 9.94.